The number of amides is 1. The molecule has 1 rings (SSSR count). The lowest BCUT2D eigenvalue weighted by Crippen LogP contribution is -2.34. The molecule has 1 unspecified atom stereocenters. The van der Waals surface area contributed by atoms with Gasteiger partial charge in [0.2, 0.25) is 0 Å². The number of nitrogens with zero attached hydrogens (tertiary/aromatic N) is 1. The predicted molar refractivity (Wildman–Crippen MR) is 70.3 cm³/mol. The van der Waals surface area contributed by atoms with E-state index in [2.05, 4.69) is 5.32 Å². The van der Waals surface area contributed by atoms with E-state index < -0.39 is 23.5 Å². The zero-order valence-electron chi connectivity index (χ0n) is 10.2. The molecule has 1 aromatic rings. The minimum absolute atomic E-state index is 0.0676. The Morgan fingerprint density at radius 2 is 2.26 bits per heavy atom. The van der Waals surface area contributed by atoms with Crippen LogP contribution < -0.4 is 5.32 Å². The first kappa shape index (κ1) is 15.4. The van der Waals surface area contributed by atoms with Crippen LogP contribution in [0.2, 0.25) is 0 Å². The van der Waals surface area contributed by atoms with Gasteiger partial charge in [-0.05, 0) is 18.4 Å². The Hall–Kier alpha value is -1.64. The molecule has 0 aliphatic rings. The number of nitrogens with one attached hydrogen (secondary N) is 1. The first-order chi connectivity index (χ1) is 8.99. The van der Waals surface area contributed by atoms with Crippen molar-refractivity contribution in [3.05, 3.63) is 33.9 Å². The van der Waals surface area contributed by atoms with Gasteiger partial charge in [-0.3, -0.25) is 14.9 Å². The Labute approximate surface area is 113 Å². The molecule has 0 heterocycles. The SMILES string of the molecule is CSc1ccc([N+](=O)[O-])c(C(=O)NCC(O)CO)c1. The summed E-state index contributed by atoms with van der Waals surface area (Å²) in [5, 5.41) is 30.9. The van der Waals surface area contributed by atoms with Gasteiger partial charge in [-0.25, -0.2) is 0 Å². The number of rotatable bonds is 6. The number of benzene rings is 1. The molecule has 19 heavy (non-hydrogen) atoms. The van der Waals surface area contributed by atoms with Crippen LogP contribution in [-0.4, -0.2) is 46.6 Å². The maximum absolute atomic E-state index is 11.8. The van der Waals surface area contributed by atoms with Crippen LogP contribution in [0.15, 0.2) is 23.1 Å². The number of nitro groups is 1. The number of thioether (sulfide) groups is 1. The molecule has 3 N–H and O–H groups in total. The van der Waals surface area contributed by atoms with E-state index in [9.17, 15) is 14.9 Å². The number of hydrogen-bond acceptors (Lipinski definition) is 6. The Morgan fingerprint density at radius 3 is 2.79 bits per heavy atom. The molecule has 0 aromatic heterocycles. The van der Waals surface area contributed by atoms with Crippen LogP contribution in [0.25, 0.3) is 0 Å². The van der Waals surface area contributed by atoms with Crippen molar-refractivity contribution in [2.75, 3.05) is 19.4 Å². The standard InChI is InChI=1S/C11H14N2O5S/c1-19-8-2-3-10(13(17)18)9(4-8)11(16)12-5-7(15)6-14/h2-4,7,14-15H,5-6H2,1H3,(H,12,16). The van der Waals surface area contributed by atoms with E-state index in [0.29, 0.717) is 0 Å². The molecule has 0 saturated carbocycles. The normalized spacial score (nSPS) is 11.9. The van der Waals surface area contributed by atoms with Crippen molar-refractivity contribution >= 4 is 23.4 Å². The minimum atomic E-state index is -1.09. The molecule has 1 aromatic carbocycles. The lowest BCUT2D eigenvalue weighted by Gasteiger charge is -2.09. The number of aliphatic hydroxyl groups excluding tert-OH is 2. The highest BCUT2D eigenvalue weighted by molar-refractivity contribution is 7.98. The van der Waals surface area contributed by atoms with Gasteiger partial charge in [0.15, 0.2) is 0 Å². The largest absolute Gasteiger partial charge is 0.394 e. The van der Waals surface area contributed by atoms with Gasteiger partial charge >= 0.3 is 0 Å². The number of carbonyl (C=O) groups is 1. The summed E-state index contributed by atoms with van der Waals surface area (Å²) in [4.78, 5) is 22.8. The third-order valence-corrected chi connectivity index (χ3v) is 3.08. The fourth-order valence-corrected chi connectivity index (χ4v) is 1.79. The first-order valence-electron chi connectivity index (χ1n) is 5.39. The summed E-state index contributed by atoms with van der Waals surface area (Å²) in [6, 6.07) is 4.24. The Balaban J connectivity index is 2.95. The highest BCUT2D eigenvalue weighted by Gasteiger charge is 2.20. The molecule has 104 valence electrons. The van der Waals surface area contributed by atoms with Gasteiger partial charge in [0.05, 0.1) is 17.6 Å². The monoisotopic (exact) mass is 286 g/mol. The summed E-state index contributed by atoms with van der Waals surface area (Å²) in [7, 11) is 0. The number of aliphatic hydroxyl groups is 2. The number of nitro benzene ring substituents is 1. The molecule has 0 aliphatic carbocycles. The fourth-order valence-electron chi connectivity index (χ4n) is 1.35. The smallest absolute Gasteiger partial charge is 0.282 e. The van der Waals surface area contributed by atoms with Crippen molar-refractivity contribution in [1.29, 1.82) is 0 Å². The fraction of sp³-hybridized carbons (Fsp3) is 0.364. The average molecular weight is 286 g/mol. The Bertz CT molecular complexity index is 480. The van der Waals surface area contributed by atoms with Gasteiger partial charge < -0.3 is 15.5 Å². The van der Waals surface area contributed by atoms with Crippen molar-refractivity contribution in [3.8, 4) is 0 Å². The summed E-state index contributed by atoms with van der Waals surface area (Å²) >= 11 is 1.36. The minimum Gasteiger partial charge on any atom is -0.394 e. The molecule has 1 amide bonds. The van der Waals surface area contributed by atoms with Crippen LogP contribution in [0.3, 0.4) is 0 Å². The van der Waals surface area contributed by atoms with E-state index in [-0.39, 0.29) is 17.8 Å². The van der Waals surface area contributed by atoms with Crippen LogP contribution in [0.4, 0.5) is 5.69 Å². The lowest BCUT2D eigenvalue weighted by molar-refractivity contribution is -0.385. The van der Waals surface area contributed by atoms with Crippen molar-refractivity contribution in [3.63, 3.8) is 0 Å². The van der Waals surface area contributed by atoms with Crippen LogP contribution in [0.1, 0.15) is 10.4 Å². The van der Waals surface area contributed by atoms with Crippen molar-refractivity contribution < 1.29 is 19.9 Å². The zero-order valence-corrected chi connectivity index (χ0v) is 11.0. The first-order valence-corrected chi connectivity index (χ1v) is 6.61. The van der Waals surface area contributed by atoms with Crippen LogP contribution >= 0.6 is 11.8 Å². The molecule has 0 aliphatic heterocycles. The second kappa shape index (κ2) is 7.07. The molecule has 0 radical (unpaired) electrons. The summed E-state index contributed by atoms with van der Waals surface area (Å²) in [6.07, 6.45) is 0.699. The lowest BCUT2D eigenvalue weighted by atomic mass is 10.1. The molecule has 0 fully saturated rings. The second-order valence-corrected chi connectivity index (χ2v) is 4.57. The van der Waals surface area contributed by atoms with Crippen LogP contribution in [-0.2, 0) is 0 Å². The van der Waals surface area contributed by atoms with Crippen LogP contribution in [0, 0.1) is 10.1 Å². The average Bonchev–Trinajstić information content (AvgIpc) is 2.43. The van der Waals surface area contributed by atoms with Gasteiger partial charge in [-0.1, -0.05) is 0 Å². The van der Waals surface area contributed by atoms with E-state index >= 15 is 0 Å². The van der Waals surface area contributed by atoms with Crippen molar-refractivity contribution in [2.24, 2.45) is 0 Å². The molecule has 0 spiro atoms. The second-order valence-electron chi connectivity index (χ2n) is 3.69. The summed E-state index contributed by atoms with van der Waals surface area (Å²) in [5.41, 5.74) is -0.365. The third kappa shape index (κ3) is 4.19. The zero-order chi connectivity index (χ0) is 14.4. The van der Waals surface area contributed by atoms with Gasteiger partial charge in [-0.15, -0.1) is 11.8 Å². The molecule has 1 atom stereocenters. The van der Waals surface area contributed by atoms with Gasteiger partial charge in [0.25, 0.3) is 11.6 Å². The highest BCUT2D eigenvalue weighted by Crippen LogP contribution is 2.24. The predicted octanol–water partition coefficient (Wildman–Crippen LogP) is 0.400. The quantitative estimate of drug-likeness (QED) is 0.396. The number of carbonyl (C=O) groups excluding carboxylic acids is 1. The van der Waals surface area contributed by atoms with E-state index in [1.54, 1.807) is 12.3 Å². The highest BCUT2D eigenvalue weighted by atomic mass is 32.2. The van der Waals surface area contributed by atoms with E-state index in [0.717, 1.165) is 4.90 Å². The Kier molecular flexibility index (Phi) is 5.74. The third-order valence-electron chi connectivity index (χ3n) is 2.35. The molecule has 0 bridgehead atoms. The topological polar surface area (TPSA) is 113 Å². The molecule has 8 heteroatoms. The van der Waals surface area contributed by atoms with Crippen molar-refractivity contribution in [2.45, 2.75) is 11.0 Å². The summed E-state index contributed by atoms with van der Waals surface area (Å²) in [6.45, 7) is -0.663. The van der Waals surface area contributed by atoms with Crippen molar-refractivity contribution in [1.82, 2.24) is 5.32 Å². The van der Waals surface area contributed by atoms with Gasteiger partial charge in [0, 0.05) is 17.5 Å². The molecule has 7 nitrogen and oxygen atoms in total. The van der Waals surface area contributed by atoms with Gasteiger partial charge in [-0.2, -0.15) is 0 Å². The molecular formula is C11H14N2O5S. The summed E-state index contributed by atoms with van der Waals surface area (Å²) in [5.74, 6) is -0.657. The number of hydrogen-bond donors (Lipinski definition) is 3. The maximum atomic E-state index is 11.8. The maximum Gasteiger partial charge on any atom is 0.282 e. The molecule has 0 saturated heterocycles. The molecular weight excluding hydrogens is 272 g/mol. The van der Waals surface area contributed by atoms with E-state index in [4.69, 9.17) is 10.2 Å². The van der Waals surface area contributed by atoms with Crippen LogP contribution in [0.5, 0.6) is 0 Å². The Morgan fingerprint density at radius 1 is 1.58 bits per heavy atom. The van der Waals surface area contributed by atoms with Gasteiger partial charge in [0.1, 0.15) is 5.56 Å². The summed E-state index contributed by atoms with van der Waals surface area (Å²) < 4.78 is 0. The van der Waals surface area contributed by atoms with E-state index in [1.165, 1.54) is 23.9 Å². The van der Waals surface area contributed by atoms with E-state index in [1.807, 2.05) is 0 Å².